The normalized spacial score (nSPS) is 11.4. The second-order valence-corrected chi connectivity index (χ2v) is 6.38. The van der Waals surface area contributed by atoms with Crippen LogP contribution in [0.1, 0.15) is 17.4 Å². The molecule has 0 unspecified atom stereocenters. The van der Waals surface area contributed by atoms with Gasteiger partial charge in [0.2, 0.25) is 0 Å². The molecule has 1 aromatic heterocycles. The Balaban J connectivity index is 1.88. The highest BCUT2D eigenvalue weighted by atomic mass is 16.6. The third-order valence-electron chi connectivity index (χ3n) is 4.44. The van der Waals surface area contributed by atoms with Crippen molar-refractivity contribution in [2.45, 2.75) is 6.04 Å². The van der Waals surface area contributed by atoms with Crippen molar-refractivity contribution in [3.8, 4) is 11.5 Å². The van der Waals surface area contributed by atoms with E-state index in [2.05, 4.69) is 15.6 Å². The number of methoxy groups -OCH3 is 2. The molecule has 0 saturated heterocycles. The number of rotatable bonds is 7. The summed E-state index contributed by atoms with van der Waals surface area (Å²) in [6, 6.07) is 9.75. The summed E-state index contributed by atoms with van der Waals surface area (Å²) in [5.74, 6) is 1.74. The van der Waals surface area contributed by atoms with Gasteiger partial charge in [0.25, 0.3) is 5.69 Å². The smallest absolute Gasteiger partial charge is 0.320 e. The summed E-state index contributed by atoms with van der Waals surface area (Å²) < 4.78 is 12.5. The molecule has 0 aliphatic heterocycles. The average molecular weight is 411 g/mol. The van der Waals surface area contributed by atoms with Gasteiger partial charge in [-0.2, -0.15) is 0 Å². The number of nitrogens with zero attached hydrogens (tertiary/aromatic N) is 3. The molecule has 2 amide bonds. The number of imidazole rings is 1. The van der Waals surface area contributed by atoms with Gasteiger partial charge in [-0.05, 0) is 29.8 Å². The fraction of sp³-hybridized carbons (Fsp3) is 0.200. The van der Waals surface area contributed by atoms with Crippen molar-refractivity contribution in [2.75, 3.05) is 19.5 Å². The molecule has 2 N–H and O–H groups in total. The van der Waals surface area contributed by atoms with Crippen molar-refractivity contribution in [1.82, 2.24) is 14.9 Å². The number of benzene rings is 2. The Morgan fingerprint density at radius 2 is 1.77 bits per heavy atom. The summed E-state index contributed by atoms with van der Waals surface area (Å²) >= 11 is 0. The Morgan fingerprint density at radius 1 is 1.13 bits per heavy atom. The van der Waals surface area contributed by atoms with Gasteiger partial charge in [0.15, 0.2) is 0 Å². The van der Waals surface area contributed by atoms with Crippen LogP contribution in [-0.2, 0) is 7.05 Å². The minimum atomic E-state index is -0.605. The highest BCUT2D eigenvalue weighted by Gasteiger charge is 2.22. The van der Waals surface area contributed by atoms with Gasteiger partial charge in [-0.25, -0.2) is 9.78 Å². The number of aromatic nitrogens is 2. The number of ether oxygens (including phenoxy) is 2. The van der Waals surface area contributed by atoms with Gasteiger partial charge in [0, 0.05) is 43.3 Å². The number of hydrogen-bond acceptors (Lipinski definition) is 6. The number of hydrogen-bond donors (Lipinski definition) is 2. The molecule has 0 saturated carbocycles. The highest BCUT2D eigenvalue weighted by Crippen LogP contribution is 2.29. The predicted octanol–water partition coefficient (Wildman–Crippen LogP) is 3.26. The molecule has 0 spiro atoms. The van der Waals surface area contributed by atoms with Gasteiger partial charge in [-0.1, -0.05) is 0 Å². The van der Waals surface area contributed by atoms with Gasteiger partial charge in [0.05, 0.1) is 19.1 Å². The molecule has 30 heavy (non-hydrogen) atoms. The lowest BCUT2D eigenvalue weighted by Gasteiger charge is -2.21. The molecule has 3 rings (SSSR count). The Kier molecular flexibility index (Phi) is 6.16. The molecule has 2 aromatic carbocycles. The molecule has 0 aliphatic rings. The van der Waals surface area contributed by atoms with E-state index in [0.717, 1.165) is 0 Å². The molecule has 0 aliphatic carbocycles. The fourth-order valence-electron chi connectivity index (χ4n) is 2.91. The first-order valence-corrected chi connectivity index (χ1v) is 8.93. The highest BCUT2D eigenvalue weighted by molar-refractivity contribution is 5.89. The van der Waals surface area contributed by atoms with Crippen LogP contribution < -0.4 is 20.1 Å². The molecule has 1 atom stereocenters. The summed E-state index contributed by atoms with van der Waals surface area (Å²) in [4.78, 5) is 27.3. The molecule has 0 bridgehead atoms. The minimum absolute atomic E-state index is 0.0599. The van der Waals surface area contributed by atoms with Crippen LogP contribution in [0.5, 0.6) is 11.5 Å². The van der Waals surface area contributed by atoms with Crippen LogP contribution in [0.25, 0.3) is 0 Å². The number of nitrogens with one attached hydrogen (secondary N) is 2. The van der Waals surface area contributed by atoms with Crippen LogP contribution in [0.3, 0.4) is 0 Å². The zero-order valence-corrected chi connectivity index (χ0v) is 16.7. The predicted molar refractivity (Wildman–Crippen MR) is 110 cm³/mol. The molecule has 10 heteroatoms. The first-order valence-electron chi connectivity index (χ1n) is 8.93. The van der Waals surface area contributed by atoms with E-state index < -0.39 is 17.0 Å². The molecule has 3 aromatic rings. The molecule has 0 fully saturated rings. The van der Waals surface area contributed by atoms with Crippen molar-refractivity contribution < 1.29 is 19.2 Å². The SMILES string of the molecule is COc1cc(OC)cc([C@H](NC(=O)Nc2ccc([N+](=O)[O-])cc2)c2nccn2C)c1. The Morgan fingerprint density at radius 3 is 2.27 bits per heavy atom. The maximum Gasteiger partial charge on any atom is 0.320 e. The van der Waals surface area contributed by atoms with E-state index in [1.54, 1.807) is 49.4 Å². The van der Waals surface area contributed by atoms with Crippen LogP contribution in [0.4, 0.5) is 16.2 Å². The lowest BCUT2D eigenvalue weighted by Crippen LogP contribution is -2.34. The topological polar surface area (TPSA) is 121 Å². The number of amides is 2. The van der Waals surface area contributed by atoms with Gasteiger partial charge in [0.1, 0.15) is 23.4 Å². The zero-order valence-electron chi connectivity index (χ0n) is 16.7. The molecule has 1 heterocycles. The maximum absolute atomic E-state index is 12.7. The molecule has 156 valence electrons. The number of carbonyl (C=O) groups excluding carboxylic acids is 1. The zero-order chi connectivity index (χ0) is 21.7. The number of aryl methyl sites for hydroxylation is 1. The van der Waals surface area contributed by atoms with Gasteiger partial charge in [-0.3, -0.25) is 10.1 Å². The van der Waals surface area contributed by atoms with Crippen LogP contribution >= 0.6 is 0 Å². The third-order valence-corrected chi connectivity index (χ3v) is 4.44. The first-order chi connectivity index (χ1) is 14.4. The van der Waals surface area contributed by atoms with Crippen molar-refractivity contribution >= 4 is 17.4 Å². The lowest BCUT2D eigenvalue weighted by atomic mass is 10.1. The summed E-state index contributed by atoms with van der Waals surface area (Å²) in [7, 11) is 4.91. The van der Waals surface area contributed by atoms with E-state index >= 15 is 0 Å². The van der Waals surface area contributed by atoms with Crippen molar-refractivity contribution in [3.05, 3.63) is 76.4 Å². The van der Waals surface area contributed by atoms with E-state index in [0.29, 0.717) is 28.6 Å². The van der Waals surface area contributed by atoms with E-state index in [4.69, 9.17) is 9.47 Å². The molecule has 10 nitrogen and oxygen atoms in total. The van der Waals surface area contributed by atoms with E-state index in [1.807, 2.05) is 7.05 Å². The minimum Gasteiger partial charge on any atom is -0.497 e. The Bertz CT molecular complexity index is 1030. The van der Waals surface area contributed by atoms with Gasteiger partial charge < -0.3 is 24.7 Å². The monoisotopic (exact) mass is 411 g/mol. The number of nitro benzene ring substituents is 1. The summed E-state index contributed by atoms with van der Waals surface area (Å²) in [6.45, 7) is 0. The molecular weight excluding hydrogens is 390 g/mol. The Hall–Kier alpha value is -4.08. The summed E-state index contributed by atoms with van der Waals surface area (Å²) in [6.07, 6.45) is 3.41. The fourth-order valence-corrected chi connectivity index (χ4v) is 2.91. The maximum atomic E-state index is 12.7. The number of urea groups is 1. The summed E-state index contributed by atoms with van der Waals surface area (Å²) in [5, 5.41) is 16.3. The van der Waals surface area contributed by atoms with Crippen molar-refractivity contribution in [2.24, 2.45) is 7.05 Å². The lowest BCUT2D eigenvalue weighted by molar-refractivity contribution is -0.384. The molecule has 0 radical (unpaired) electrons. The largest absolute Gasteiger partial charge is 0.497 e. The van der Waals surface area contributed by atoms with Gasteiger partial charge >= 0.3 is 6.03 Å². The second-order valence-electron chi connectivity index (χ2n) is 6.38. The number of non-ortho nitro benzene ring substituents is 1. The quantitative estimate of drug-likeness (QED) is 0.455. The number of anilines is 1. The van der Waals surface area contributed by atoms with Crippen LogP contribution in [0.15, 0.2) is 54.9 Å². The average Bonchev–Trinajstić information content (AvgIpc) is 3.17. The van der Waals surface area contributed by atoms with Crippen LogP contribution in [-0.4, -0.2) is 34.7 Å². The van der Waals surface area contributed by atoms with Gasteiger partial charge in [-0.15, -0.1) is 0 Å². The Labute approximate surface area is 172 Å². The van der Waals surface area contributed by atoms with Crippen LogP contribution in [0, 0.1) is 10.1 Å². The third kappa shape index (κ3) is 4.66. The molecular formula is C20H21N5O5. The number of carbonyl (C=O) groups is 1. The standard InChI is InChI=1S/C20H21N5O5/c1-24-9-8-21-19(24)18(13-10-16(29-2)12-17(11-13)30-3)23-20(26)22-14-4-6-15(7-5-14)25(27)28/h4-12,18H,1-3H3,(H2,22,23,26)/t18-/m0/s1. The van der Waals surface area contributed by atoms with Crippen molar-refractivity contribution in [3.63, 3.8) is 0 Å². The van der Waals surface area contributed by atoms with E-state index in [1.165, 1.54) is 24.3 Å². The van der Waals surface area contributed by atoms with E-state index in [9.17, 15) is 14.9 Å². The van der Waals surface area contributed by atoms with Crippen molar-refractivity contribution in [1.29, 1.82) is 0 Å². The summed E-state index contributed by atoms with van der Waals surface area (Å²) in [5.41, 5.74) is 1.06. The van der Waals surface area contributed by atoms with E-state index in [-0.39, 0.29) is 5.69 Å². The van der Waals surface area contributed by atoms with Crippen LogP contribution in [0.2, 0.25) is 0 Å². The number of nitro groups is 1. The second kappa shape index (κ2) is 8.95. The first kappa shape index (κ1) is 20.6.